The van der Waals surface area contributed by atoms with E-state index >= 15 is 0 Å². The average Bonchev–Trinajstić information content (AvgIpc) is 2.69. The van der Waals surface area contributed by atoms with E-state index in [0.717, 1.165) is 16.4 Å². The van der Waals surface area contributed by atoms with E-state index in [1.807, 2.05) is 0 Å². The Balaban J connectivity index is 1.91. The average molecular weight is 458 g/mol. The SMILES string of the molecule is CN(Cc1cc([N+](=O)[O-])ccc1Cl)C(=O)CCCN(C)S(=O)(=O)c1ccc(F)cc1. The van der Waals surface area contributed by atoms with Gasteiger partial charge in [0.05, 0.1) is 9.82 Å². The number of nitro benzene ring substituents is 1. The lowest BCUT2D eigenvalue weighted by molar-refractivity contribution is -0.384. The van der Waals surface area contributed by atoms with Crippen molar-refractivity contribution in [2.75, 3.05) is 20.6 Å². The number of hydrogen-bond acceptors (Lipinski definition) is 5. The van der Waals surface area contributed by atoms with Crippen LogP contribution in [0.15, 0.2) is 47.4 Å². The first kappa shape index (κ1) is 23.7. The Labute approximate surface area is 179 Å². The molecule has 0 N–H and O–H groups in total. The Kier molecular flexibility index (Phi) is 7.88. The maximum atomic E-state index is 13.0. The summed E-state index contributed by atoms with van der Waals surface area (Å²) in [4.78, 5) is 24.1. The first-order valence-corrected chi connectivity index (χ1v) is 10.7. The normalized spacial score (nSPS) is 11.5. The third kappa shape index (κ3) is 5.97. The van der Waals surface area contributed by atoms with Crippen molar-refractivity contribution in [1.29, 1.82) is 0 Å². The van der Waals surface area contributed by atoms with Crippen LogP contribution in [0.4, 0.5) is 10.1 Å². The summed E-state index contributed by atoms with van der Waals surface area (Å²) in [6.07, 6.45) is 0.342. The van der Waals surface area contributed by atoms with Gasteiger partial charge in [-0.15, -0.1) is 0 Å². The van der Waals surface area contributed by atoms with Crippen molar-refractivity contribution in [3.8, 4) is 0 Å². The second-order valence-corrected chi connectivity index (χ2v) is 9.12. The number of hydrogen-bond donors (Lipinski definition) is 0. The molecule has 162 valence electrons. The molecule has 2 rings (SSSR count). The number of non-ortho nitro benzene ring substituents is 1. The van der Waals surface area contributed by atoms with E-state index in [0.29, 0.717) is 10.6 Å². The zero-order valence-corrected chi connectivity index (χ0v) is 18.0. The molecule has 1 amide bonds. The molecule has 0 saturated heterocycles. The number of amides is 1. The smallest absolute Gasteiger partial charge is 0.269 e. The number of nitrogens with zero attached hydrogens (tertiary/aromatic N) is 3. The molecule has 0 aromatic heterocycles. The minimum Gasteiger partial charge on any atom is -0.341 e. The minimum absolute atomic E-state index is 0.0323. The van der Waals surface area contributed by atoms with E-state index in [2.05, 4.69) is 0 Å². The molecule has 2 aromatic rings. The third-order valence-corrected chi connectivity index (χ3v) is 6.70. The summed E-state index contributed by atoms with van der Waals surface area (Å²) in [6.45, 7) is 0.180. The summed E-state index contributed by atoms with van der Waals surface area (Å²) in [5.41, 5.74) is 0.320. The summed E-state index contributed by atoms with van der Waals surface area (Å²) in [5.74, 6) is -0.792. The second kappa shape index (κ2) is 9.96. The van der Waals surface area contributed by atoms with Crippen molar-refractivity contribution in [2.24, 2.45) is 0 Å². The Hall–Kier alpha value is -2.56. The van der Waals surface area contributed by atoms with Crippen LogP contribution in [-0.4, -0.2) is 49.1 Å². The zero-order valence-electron chi connectivity index (χ0n) is 16.4. The number of nitro groups is 1. The lowest BCUT2D eigenvalue weighted by Crippen LogP contribution is -2.30. The van der Waals surface area contributed by atoms with E-state index in [-0.39, 0.29) is 42.4 Å². The Bertz CT molecular complexity index is 1030. The standard InChI is InChI=1S/C19H21ClFN3O5S/c1-22(13-14-12-16(24(26)27)7-10-18(14)20)19(25)4-3-11-23(2)30(28,29)17-8-5-15(21)6-9-17/h5-10,12H,3-4,11,13H2,1-2H3. The van der Waals surface area contributed by atoms with E-state index < -0.39 is 20.8 Å². The van der Waals surface area contributed by atoms with Gasteiger partial charge < -0.3 is 4.90 Å². The van der Waals surface area contributed by atoms with Gasteiger partial charge in [-0.2, -0.15) is 0 Å². The molecule has 0 spiro atoms. The van der Waals surface area contributed by atoms with Crippen LogP contribution in [0.1, 0.15) is 18.4 Å². The largest absolute Gasteiger partial charge is 0.341 e. The summed E-state index contributed by atoms with van der Waals surface area (Å²) in [7, 11) is -0.858. The first-order chi connectivity index (χ1) is 14.0. The van der Waals surface area contributed by atoms with Gasteiger partial charge in [0.2, 0.25) is 15.9 Å². The molecule has 0 aliphatic heterocycles. The van der Waals surface area contributed by atoms with Gasteiger partial charge >= 0.3 is 0 Å². The van der Waals surface area contributed by atoms with Crippen LogP contribution < -0.4 is 0 Å². The van der Waals surface area contributed by atoms with Gasteiger partial charge in [-0.05, 0) is 42.3 Å². The lowest BCUT2D eigenvalue weighted by Gasteiger charge is -2.20. The van der Waals surface area contributed by atoms with Crippen LogP contribution in [-0.2, 0) is 21.4 Å². The first-order valence-electron chi connectivity index (χ1n) is 8.91. The predicted molar refractivity (Wildman–Crippen MR) is 110 cm³/mol. The minimum atomic E-state index is -3.78. The molecule has 0 fully saturated rings. The summed E-state index contributed by atoms with van der Waals surface area (Å²) in [6, 6.07) is 8.51. The monoisotopic (exact) mass is 457 g/mol. The van der Waals surface area contributed by atoms with Crippen molar-refractivity contribution in [3.63, 3.8) is 0 Å². The van der Waals surface area contributed by atoms with Crippen LogP contribution in [0, 0.1) is 15.9 Å². The topological polar surface area (TPSA) is 101 Å². The van der Waals surface area contributed by atoms with E-state index in [9.17, 15) is 27.7 Å². The zero-order chi connectivity index (χ0) is 22.5. The van der Waals surface area contributed by atoms with Gasteiger partial charge in [-0.25, -0.2) is 17.1 Å². The number of carbonyl (C=O) groups excluding carboxylic acids is 1. The number of rotatable bonds is 9. The molecule has 2 aromatic carbocycles. The van der Waals surface area contributed by atoms with Crippen molar-refractivity contribution < 1.29 is 22.5 Å². The molecule has 11 heteroatoms. The van der Waals surface area contributed by atoms with E-state index in [4.69, 9.17) is 11.6 Å². The Morgan fingerprint density at radius 1 is 1.17 bits per heavy atom. The lowest BCUT2D eigenvalue weighted by atomic mass is 10.2. The maximum absolute atomic E-state index is 13.0. The number of sulfonamides is 1. The number of halogens is 2. The summed E-state index contributed by atoms with van der Waals surface area (Å²) < 4.78 is 39.0. The molecule has 30 heavy (non-hydrogen) atoms. The second-order valence-electron chi connectivity index (χ2n) is 6.67. The molecule has 0 unspecified atom stereocenters. The number of carbonyl (C=O) groups is 1. The molecular formula is C19H21ClFN3O5S. The highest BCUT2D eigenvalue weighted by atomic mass is 35.5. The van der Waals surface area contributed by atoms with E-state index in [1.165, 1.54) is 49.3 Å². The highest BCUT2D eigenvalue weighted by Crippen LogP contribution is 2.23. The fourth-order valence-electron chi connectivity index (χ4n) is 2.69. The highest BCUT2D eigenvalue weighted by Gasteiger charge is 2.21. The highest BCUT2D eigenvalue weighted by molar-refractivity contribution is 7.89. The van der Waals surface area contributed by atoms with Crippen LogP contribution >= 0.6 is 11.6 Å². The Morgan fingerprint density at radius 3 is 2.40 bits per heavy atom. The van der Waals surface area contributed by atoms with Crippen molar-refractivity contribution in [1.82, 2.24) is 9.21 Å². The van der Waals surface area contributed by atoms with Gasteiger partial charge in [-0.1, -0.05) is 11.6 Å². The summed E-state index contributed by atoms with van der Waals surface area (Å²) in [5, 5.41) is 11.2. The van der Waals surface area contributed by atoms with Gasteiger partial charge in [0.25, 0.3) is 5.69 Å². The van der Waals surface area contributed by atoms with Crippen molar-refractivity contribution in [2.45, 2.75) is 24.3 Å². The van der Waals surface area contributed by atoms with Crippen LogP contribution in [0.2, 0.25) is 5.02 Å². The number of benzene rings is 2. The molecule has 0 radical (unpaired) electrons. The van der Waals surface area contributed by atoms with Gasteiger partial charge in [0, 0.05) is 50.8 Å². The van der Waals surface area contributed by atoms with Crippen LogP contribution in [0.25, 0.3) is 0 Å². The summed E-state index contributed by atoms with van der Waals surface area (Å²) >= 11 is 6.06. The molecule has 0 atom stereocenters. The predicted octanol–water partition coefficient (Wildman–Crippen LogP) is 3.45. The molecule has 0 saturated carbocycles. The quantitative estimate of drug-likeness (QED) is 0.424. The molecular weight excluding hydrogens is 437 g/mol. The van der Waals surface area contributed by atoms with Gasteiger partial charge in [0.1, 0.15) is 5.82 Å². The molecule has 0 aliphatic carbocycles. The van der Waals surface area contributed by atoms with Gasteiger partial charge in [0.15, 0.2) is 0 Å². The fourth-order valence-corrected chi connectivity index (χ4v) is 4.08. The maximum Gasteiger partial charge on any atom is 0.269 e. The molecule has 8 nitrogen and oxygen atoms in total. The van der Waals surface area contributed by atoms with Crippen LogP contribution in [0.3, 0.4) is 0 Å². The van der Waals surface area contributed by atoms with E-state index in [1.54, 1.807) is 0 Å². The van der Waals surface area contributed by atoms with Gasteiger partial charge in [-0.3, -0.25) is 14.9 Å². The molecule has 0 aliphatic rings. The Morgan fingerprint density at radius 2 is 1.80 bits per heavy atom. The van der Waals surface area contributed by atoms with Crippen molar-refractivity contribution in [3.05, 3.63) is 69.0 Å². The molecule has 0 bridgehead atoms. The third-order valence-electron chi connectivity index (χ3n) is 4.46. The molecule has 0 heterocycles. The fraction of sp³-hybridized carbons (Fsp3) is 0.316. The van der Waals surface area contributed by atoms with Crippen molar-refractivity contribution >= 4 is 33.2 Å². The van der Waals surface area contributed by atoms with Crippen LogP contribution in [0.5, 0.6) is 0 Å².